The number of rotatable bonds is 11. The van der Waals surface area contributed by atoms with Crippen molar-refractivity contribution in [3.05, 3.63) is 129 Å². The molecule has 0 aliphatic carbocycles. The zero-order valence-electron chi connectivity index (χ0n) is 26.4. The van der Waals surface area contributed by atoms with E-state index < -0.39 is 11.8 Å². The molecule has 0 aliphatic heterocycles. The molecule has 0 saturated carbocycles. The smallest absolute Gasteiger partial charge is 0.251 e. The molecular formula is C35H32Cl4N6O4. The number of aromatic nitrogens is 3. The standard InChI is InChI=1S/C35H30Cl2N6O4.2ClH/c1-22-18-39-28-7-5-8-30(34(28)42-22)47-21-26-27(36)14-15-29(33(26)37)43(2)32(45)20-40-31(44)16-11-23-9-12-24(13-10-23)35(46)41-19-25-6-3-4-17-38-25;;/h3-18H,19-21H2,1-2H3,(H,40,44)(H,41,46);2*1H/b16-11+;;. The monoisotopic (exact) mass is 740 g/mol. The van der Waals surface area contributed by atoms with Crippen LogP contribution in [0.3, 0.4) is 0 Å². The van der Waals surface area contributed by atoms with Crippen molar-refractivity contribution in [2.45, 2.75) is 20.1 Å². The van der Waals surface area contributed by atoms with Crippen LogP contribution in [-0.4, -0.2) is 46.3 Å². The Labute approximate surface area is 305 Å². The van der Waals surface area contributed by atoms with Crippen LogP contribution < -0.4 is 20.3 Å². The van der Waals surface area contributed by atoms with Crippen LogP contribution in [0.1, 0.15) is 32.9 Å². The molecule has 5 aromatic rings. The fourth-order valence-corrected chi connectivity index (χ4v) is 5.11. The van der Waals surface area contributed by atoms with Crippen molar-refractivity contribution in [3.8, 4) is 5.75 Å². The fourth-order valence-electron chi connectivity index (χ4n) is 4.51. The average molecular weight is 742 g/mol. The lowest BCUT2D eigenvalue weighted by Crippen LogP contribution is -2.37. The molecule has 0 bridgehead atoms. The maximum absolute atomic E-state index is 13.0. The second-order valence-electron chi connectivity index (χ2n) is 10.4. The van der Waals surface area contributed by atoms with Crippen LogP contribution in [0.4, 0.5) is 5.69 Å². The van der Waals surface area contributed by atoms with Gasteiger partial charge in [-0.1, -0.05) is 47.5 Å². The van der Waals surface area contributed by atoms with E-state index in [1.165, 1.54) is 11.0 Å². The van der Waals surface area contributed by atoms with Gasteiger partial charge in [-0.2, -0.15) is 0 Å². The van der Waals surface area contributed by atoms with Gasteiger partial charge in [-0.05, 0) is 67.1 Å². The molecule has 0 unspecified atom stereocenters. The summed E-state index contributed by atoms with van der Waals surface area (Å²) in [6.07, 6.45) is 6.25. The molecule has 14 heteroatoms. The maximum atomic E-state index is 13.0. The van der Waals surface area contributed by atoms with Crippen molar-refractivity contribution in [1.82, 2.24) is 25.6 Å². The van der Waals surface area contributed by atoms with Gasteiger partial charge in [0, 0.05) is 41.7 Å². The Kier molecular flexibility index (Phi) is 14.3. The number of fused-ring (bicyclic) bond motifs is 1. The van der Waals surface area contributed by atoms with Crippen molar-refractivity contribution >= 4 is 88.5 Å². The summed E-state index contributed by atoms with van der Waals surface area (Å²) in [5.41, 5.74) is 4.89. The number of likely N-dealkylation sites (N-methyl/N-ethyl adjacent to an activating group) is 1. The van der Waals surface area contributed by atoms with E-state index in [1.807, 2.05) is 37.3 Å². The number of ether oxygens (including phenoxy) is 1. The third-order valence-corrected chi connectivity index (χ3v) is 7.88. The minimum Gasteiger partial charge on any atom is -0.486 e. The number of carbonyl (C=O) groups is 3. The first-order chi connectivity index (χ1) is 22.7. The first kappa shape index (κ1) is 38.7. The zero-order chi connectivity index (χ0) is 33.3. The predicted octanol–water partition coefficient (Wildman–Crippen LogP) is 6.79. The highest BCUT2D eigenvalue weighted by Crippen LogP contribution is 2.35. The maximum Gasteiger partial charge on any atom is 0.251 e. The van der Waals surface area contributed by atoms with E-state index in [0.29, 0.717) is 50.7 Å². The number of nitrogens with zero attached hydrogens (tertiary/aromatic N) is 4. The van der Waals surface area contributed by atoms with Crippen molar-refractivity contribution in [2.24, 2.45) is 0 Å². The molecule has 3 aromatic carbocycles. The average Bonchev–Trinajstić information content (AvgIpc) is 3.09. The van der Waals surface area contributed by atoms with Gasteiger partial charge >= 0.3 is 0 Å². The molecule has 0 atom stereocenters. The lowest BCUT2D eigenvalue weighted by molar-refractivity contribution is -0.122. The van der Waals surface area contributed by atoms with Crippen molar-refractivity contribution in [1.29, 1.82) is 0 Å². The molecule has 49 heavy (non-hydrogen) atoms. The molecule has 5 rings (SSSR count). The highest BCUT2D eigenvalue weighted by atomic mass is 35.5. The van der Waals surface area contributed by atoms with Gasteiger partial charge in [-0.25, -0.2) is 4.98 Å². The molecule has 2 heterocycles. The van der Waals surface area contributed by atoms with E-state index in [2.05, 4.69) is 25.6 Å². The highest BCUT2D eigenvalue weighted by Gasteiger charge is 2.19. The third-order valence-electron chi connectivity index (χ3n) is 7.10. The first-order valence-corrected chi connectivity index (χ1v) is 15.3. The molecule has 3 amide bonds. The second-order valence-corrected chi connectivity index (χ2v) is 11.2. The summed E-state index contributed by atoms with van der Waals surface area (Å²) in [4.78, 5) is 52.3. The minimum absolute atomic E-state index is 0. The number of para-hydroxylation sites is 1. The SMILES string of the molecule is Cc1cnc2cccc(OCc3c(Cl)ccc(N(C)C(=O)CNC(=O)/C=C/c4ccc(C(=O)NCc5ccccn5)cc4)c3Cl)c2n1.Cl.Cl. The Balaban J connectivity index is 0.00000325. The van der Waals surface area contributed by atoms with Gasteiger partial charge in [-0.15, -0.1) is 24.8 Å². The van der Waals surface area contributed by atoms with Gasteiger partial charge in [0.25, 0.3) is 5.91 Å². The van der Waals surface area contributed by atoms with Crippen molar-refractivity contribution < 1.29 is 19.1 Å². The van der Waals surface area contributed by atoms with Crippen LogP contribution in [0.15, 0.2) is 91.3 Å². The molecule has 0 radical (unpaired) electrons. The van der Waals surface area contributed by atoms with Crippen LogP contribution in [0, 0.1) is 6.92 Å². The number of hydrogen-bond donors (Lipinski definition) is 2. The number of halogens is 4. The van der Waals surface area contributed by atoms with E-state index >= 15 is 0 Å². The summed E-state index contributed by atoms with van der Waals surface area (Å²) < 4.78 is 6.04. The lowest BCUT2D eigenvalue weighted by atomic mass is 10.1. The predicted molar refractivity (Wildman–Crippen MR) is 197 cm³/mol. The van der Waals surface area contributed by atoms with Gasteiger partial charge in [0.1, 0.15) is 17.9 Å². The number of nitrogens with one attached hydrogen (secondary N) is 2. The minimum atomic E-state index is -0.464. The molecule has 0 saturated heterocycles. The Hall–Kier alpha value is -4.74. The topological polar surface area (TPSA) is 126 Å². The Morgan fingerprint density at radius 3 is 2.43 bits per heavy atom. The van der Waals surface area contributed by atoms with Crippen LogP contribution in [0.5, 0.6) is 5.75 Å². The number of pyridine rings is 1. The van der Waals surface area contributed by atoms with Gasteiger partial charge in [0.05, 0.1) is 40.7 Å². The third kappa shape index (κ3) is 10.1. The van der Waals surface area contributed by atoms with Gasteiger partial charge in [0.2, 0.25) is 11.8 Å². The van der Waals surface area contributed by atoms with E-state index in [4.69, 9.17) is 27.9 Å². The van der Waals surface area contributed by atoms with Gasteiger partial charge in [0.15, 0.2) is 0 Å². The van der Waals surface area contributed by atoms with Crippen LogP contribution >= 0.6 is 48.0 Å². The number of amides is 3. The van der Waals surface area contributed by atoms with Crippen molar-refractivity contribution in [2.75, 3.05) is 18.5 Å². The number of carbonyl (C=O) groups excluding carboxylic acids is 3. The van der Waals surface area contributed by atoms with Gasteiger partial charge < -0.3 is 20.3 Å². The van der Waals surface area contributed by atoms with Crippen LogP contribution in [0.2, 0.25) is 10.0 Å². The zero-order valence-corrected chi connectivity index (χ0v) is 29.5. The molecule has 2 aromatic heterocycles. The quantitative estimate of drug-likeness (QED) is 0.143. The first-order valence-electron chi connectivity index (χ1n) is 14.5. The molecule has 0 aliphatic rings. The number of benzene rings is 3. The fraction of sp³-hybridized carbons (Fsp3) is 0.143. The lowest BCUT2D eigenvalue weighted by Gasteiger charge is -2.21. The molecule has 0 fully saturated rings. The van der Waals surface area contributed by atoms with Crippen LogP contribution in [0.25, 0.3) is 17.1 Å². The van der Waals surface area contributed by atoms with Gasteiger partial charge in [-0.3, -0.25) is 24.4 Å². The molecule has 2 N–H and O–H groups in total. The molecule has 254 valence electrons. The summed E-state index contributed by atoms with van der Waals surface area (Å²) in [5, 5.41) is 6.02. The summed E-state index contributed by atoms with van der Waals surface area (Å²) >= 11 is 13.2. The Morgan fingerprint density at radius 1 is 0.918 bits per heavy atom. The van der Waals surface area contributed by atoms with E-state index in [1.54, 1.807) is 68.0 Å². The molecule has 0 spiro atoms. The normalized spacial score (nSPS) is 10.5. The summed E-state index contributed by atoms with van der Waals surface area (Å²) in [6, 6.07) is 21.0. The largest absolute Gasteiger partial charge is 0.486 e. The van der Waals surface area contributed by atoms with E-state index in [-0.39, 0.29) is 48.9 Å². The summed E-state index contributed by atoms with van der Waals surface area (Å²) in [6.45, 7) is 1.92. The Morgan fingerprint density at radius 2 is 1.69 bits per heavy atom. The van der Waals surface area contributed by atoms with Crippen molar-refractivity contribution in [3.63, 3.8) is 0 Å². The highest BCUT2D eigenvalue weighted by molar-refractivity contribution is 6.38. The summed E-state index contributed by atoms with van der Waals surface area (Å²) in [7, 11) is 1.56. The van der Waals surface area contributed by atoms with E-state index in [9.17, 15) is 14.4 Å². The Bertz CT molecular complexity index is 1960. The number of aryl methyl sites for hydroxylation is 1. The summed E-state index contributed by atoms with van der Waals surface area (Å²) in [5.74, 6) is -0.575. The number of anilines is 1. The molecule has 10 nitrogen and oxygen atoms in total. The van der Waals surface area contributed by atoms with Crippen LogP contribution in [-0.2, 0) is 22.7 Å². The number of hydrogen-bond acceptors (Lipinski definition) is 7. The van der Waals surface area contributed by atoms with E-state index in [0.717, 1.165) is 11.4 Å². The molecular weight excluding hydrogens is 710 g/mol. The second kappa shape index (κ2) is 18.1.